The van der Waals surface area contributed by atoms with Crippen LogP contribution in [0.5, 0.6) is 0 Å². The molecule has 0 fully saturated rings. The number of amides is 1. The van der Waals surface area contributed by atoms with E-state index in [0.717, 1.165) is 23.9 Å². The molecule has 0 aromatic heterocycles. The summed E-state index contributed by atoms with van der Waals surface area (Å²) in [4.78, 5) is 16.0. The molecule has 4 heteroatoms. The summed E-state index contributed by atoms with van der Waals surface area (Å²) < 4.78 is 0. The van der Waals surface area contributed by atoms with Gasteiger partial charge in [-0.2, -0.15) is 0 Å². The second-order valence-corrected chi connectivity index (χ2v) is 5.60. The van der Waals surface area contributed by atoms with Crippen LogP contribution in [0.3, 0.4) is 0 Å². The Morgan fingerprint density at radius 3 is 2.94 bits per heavy atom. The Bertz CT molecular complexity index is 483. The lowest BCUT2D eigenvalue weighted by Gasteiger charge is -2.07. The quantitative estimate of drug-likeness (QED) is 0.909. The van der Waals surface area contributed by atoms with E-state index < -0.39 is 0 Å². The van der Waals surface area contributed by atoms with E-state index in [4.69, 9.17) is 0 Å². The van der Waals surface area contributed by atoms with Crippen LogP contribution >= 0.6 is 11.8 Å². The summed E-state index contributed by atoms with van der Waals surface area (Å²) >= 11 is 1.62. The predicted octanol–water partition coefficient (Wildman–Crippen LogP) is 2.46. The van der Waals surface area contributed by atoms with Crippen molar-refractivity contribution in [2.45, 2.75) is 26.7 Å². The first-order valence-electron chi connectivity index (χ1n) is 6.18. The normalized spacial score (nSPS) is 14.4. The van der Waals surface area contributed by atoms with Crippen molar-refractivity contribution in [3.05, 3.63) is 34.9 Å². The lowest BCUT2D eigenvalue weighted by Crippen LogP contribution is -2.27. The van der Waals surface area contributed by atoms with Crippen LogP contribution in [-0.2, 0) is 11.2 Å². The van der Waals surface area contributed by atoms with Crippen LogP contribution in [0, 0.1) is 13.8 Å². The van der Waals surface area contributed by atoms with Gasteiger partial charge in [-0.05, 0) is 31.4 Å². The third kappa shape index (κ3) is 3.60. The van der Waals surface area contributed by atoms with Gasteiger partial charge in [-0.15, -0.1) is 0 Å². The molecule has 0 spiro atoms. The van der Waals surface area contributed by atoms with Gasteiger partial charge < -0.3 is 5.32 Å². The number of rotatable bonds is 3. The van der Waals surface area contributed by atoms with Crippen molar-refractivity contribution in [1.29, 1.82) is 0 Å². The number of aliphatic imine (C=N–C) groups is 1. The summed E-state index contributed by atoms with van der Waals surface area (Å²) in [7, 11) is 0. The zero-order valence-electron chi connectivity index (χ0n) is 10.8. The van der Waals surface area contributed by atoms with Crippen molar-refractivity contribution in [3.8, 4) is 0 Å². The molecule has 1 aromatic carbocycles. The smallest absolute Gasteiger partial charge is 0.226 e. The van der Waals surface area contributed by atoms with E-state index in [2.05, 4.69) is 42.4 Å². The highest BCUT2D eigenvalue weighted by molar-refractivity contribution is 8.14. The van der Waals surface area contributed by atoms with Crippen molar-refractivity contribution in [2.75, 3.05) is 12.3 Å². The summed E-state index contributed by atoms with van der Waals surface area (Å²) in [6.45, 7) is 4.99. The van der Waals surface area contributed by atoms with Gasteiger partial charge in [0.15, 0.2) is 5.17 Å². The molecule has 0 saturated carbocycles. The number of hydrogen-bond acceptors (Lipinski definition) is 3. The molecule has 1 N–H and O–H groups in total. The first kappa shape index (κ1) is 13.1. The van der Waals surface area contributed by atoms with Crippen LogP contribution in [0.25, 0.3) is 0 Å². The molecule has 3 nitrogen and oxygen atoms in total. The summed E-state index contributed by atoms with van der Waals surface area (Å²) in [6, 6.07) is 6.36. The van der Waals surface area contributed by atoms with Crippen LogP contribution < -0.4 is 5.32 Å². The SMILES string of the molecule is Cc1ccc(CCC(=O)NC2=NCCS2)c(C)c1. The van der Waals surface area contributed by atoms with Gasteiger partial charge in [-0.1, -0.05) is 35.5 Å². The summed E-state index contributed by atoms with van der Waals surface area (Å²) in [5, 5.41) is 3.63. The van der Waals surface area contributed by atoms with E-state index in [0.29, 0.717) is 6.42 Å². The highest BCUT2D eigenvalue weighted by atomic mass is 32.2. The molecule has 1 amide bonds. The molecule has 1 heterocycles. The van der Waals surface area contributed by atoms with E-state index in [-0.39, 0.29) is 5.91 Å². The number of aryl methyl sites for hydroxylation is 3. The Hall–Kier alpha value is -1.29. The van der Waals surface area contributed by atoms with Crippen molar-refractivity contribution >= 4 is 22.8 Å². The number of thioether (sulfide) groups is 1. The Labute approximate surface area is 112 Å². The molecule has 96 valence electrons. The molecular formula is C14H18N2OS. The maximum atomic E-state index is 11.7. The van der Waals surface area contributed by atoms with Gasteiger partial charge >= 0.3 is 0 Å². The first-order chi connectivity index (χ1) is 8.65. The summed E-state index contributed by atoms with van der Waals surface area (Å²) in [5.74, 6) is 1.04. The highest BCUT2D eigenvalue weighted by Crippen LogP contribution is 2.13. The Kier molecular flexibility index (Phi) is 4.42. The Balaban J connectivity index is 1.85. The van der Waals surface area contributed by atoms with E-state index in [1.807, 2.05) is 0 Å². The summed E-state index contributed by atoms with van der Waals surface area (Å²) in [5.41, 5.74) is 3.77. The van der Waals surface area contributed by atoms with Crippen LogP contribution in [0.15, 0.2) is 23.2 Å². The van der Waals surface area contributed by atoms with Gasteiger partial charge in [0.1, 0.15) is 0 Å². The Morgan fingerprint density at radius 2 is 2.28 bits per heavy atom. The molecule has 0 radical (unpaired) electrons. The van der Waals surface area contributed by atoms with Crippen molar-refractivity contribution < 1.29 is 4.79 Å². The molecule has 0 unspecified atom stereocenters. The number of hydrogen-bond donors (Lipinski definition) is 1. The van der Waals surface area contributed by atoms with E-state index in [9.17, 15) is 4.79 Å². The molecule has 1 aromatic rings. The highest BCUT2D eigenvalue weighted by Gasteiger charge is 2.11. The topological polar surface area (TPSA) is 41.5 Å². The number of amidine groups is 1. The van der Waals surface area contributed by atoms with E-state index in [1.54, 1.807) is 11.8 Å². The van der Waals surface area contributed by atoms with E-state index >= 15 is 0 Å². The fourth-order valence-electron chi connectivity index (χ4n) is 1.97. The fourth-order valence-corrected chi connectivity index (χ4v) is 2.71. The second kappa shape index (κ2) is 6.05. The minimum absolute atomic E-state index is 0.0584. The standard InChI is InChI=1S/C14H18N2OS/c1-10-3-4-12(11(2)9-10)5-6-13(17)16-14-15-7-8-18-14/h3-4,9H,5-8H2,1-2H3,(H,15,16,17). The largest absolute Gasteiger partial charge is 0.305 e. The Morgan fingerprint density at radius 1 is 1.44 bits per heavy atom. The number of carbonyl (C=O) groups is 1. The molecule has 18 heavy (non-hydrogen) atoms. The maximum absolute atomic E-state index is 11.7. The lowest BCUT2D eigenvalue weighted by atomic mass is 10.0. The zero-order valence-corrected chi connectivity index (χ0v) is 11.6. The van der Waals surface area contributed by atoms with Gasteiger partial charge in [0.05, 0.1) is 6.54 Å². The number of nitrogens with zero attached hydrogens (tertiary/aromatic N) is 1. The molecule has 1 aliphatic rings. The van der Waals surface area contributed by atoms with Crippen LogP contribution in [-0.4, -0.2) is 23.4 Å². The van der Waals surface area contributed by atoms with Gasteiger partial charge in [-0.25, -0.2) is 0 Å². The first-order valence-corrected chi connectivity index (χ1v) is 7.17. The van der Waals surface area contributed by atoms with Crippen molar-refractivity contribution in [3.63, 3.8) is 0 Å². The monoisotopic (exact) mass is 262 g/mol. The fraction of sp³-hybridized carbons (Fsp3) is 0.429. The lowest BCUT2D eigenvalue weighted by molar-refractivity contribution is -0.119. The number of nitrogens with one attached hydrogen (secondary N) is 1. The molecule has 1 aliphatic heterocycles. The molecule has 2 rings (SSSR count). The van der Waals surface area contributed by atoms with Gasteiger partial charge in [0.2, 0.25) is 5.91 Å². The molecule has 0 saturated heterocycles. The summed E-state index contributed by atoms with van der Waals surface area (Å²) in [6.07, 6.45) is 1.30. The minimum Gasteiger partial charge on any atom is -0.305 e. The molecule has 0 aliphatic carbocycles. The van der Waals surface area contributed by atoms with E-state index in [1.165, 1.54) is 16.7 Å². The second-order valence-electron chi connectivity index (χ2n) is 4.51. The van der Waals surface area contributed by atoms with Crippen molar-refractivity contribution in [1.82, 2.24) is 5.32 Å². The van der Waals surface area contributed by atoms with Gasteiger partial charge in [0, 0.05) is 12.2 Å². The third-order valence-electron chi connectivity index (χ3n) is 2.95. The number of benzene rings is 1. The molecular weight excluding hydrogens is 244 g/mol. The van der Waals surface area contributed by atoms with Gasteiger partial charge in [0.25, 0.3) is 0 Å². The average molecular weight is 262 g/mol. The third-order valence-corrected chi connectivity index (χ3v) is 3.84. The predicted molar refractivity (Wildman–Crippen MR) is 77.1 cm³/mol. The molecule has 0 bridgehead atoms. The minimum atomic E-state index is 0.0584. The van der Waals surface area contributed by atoms with Crippen LogP contribution in [0.1, 0.15) is 23.1 Å². The number of carbonyl (C=O) groups excluding carboxylic acids is 1. The molecule has 0 atom stereocenters. The zero-order chi connectivity index (χ0) is 13.0. The van der Waals surface area contributed by atoms with Gasteiger partial charge in [-0.3, -0.25) is 9.79 Å². The average Bonchev–Trinajstić information content (AvgIpc) is 2.80. The van der Waals surface area contributed by atoms with Crippen molar-refractivity contribution in [2.24, 2.45) is 4.99 Å². The van der Waals surface area contributed by atoms with Crippen LogP contribution in [0.4, 0.5) is 0 Å². The maximum Gasteiger partial charge on any atom is 0.226 e. The van der Waals surface area contributed by atoms with Crippen LogP contribution in [0.2, 0.25) is 0 Å².